The summed E-state index contributed by atoms with van der Waals surface area (Å²) in [5.41, 5.74) is 0. The Morgan fingerprint density at radius 3 is 2.88 bits per heavy atom. The Hall–Kier alpha value is -1.92. The number of aryl methyl sites for hydroxylation is 1. The van der Waals surface area contributed by atoms with E-state index in [1.165, 1.54) is 16.9 Å². The lowest BCUT2D eigenvalue weighted by Crippen LogP contribution is -2.30. The molecular formula is C9H14N4O3. The fourth-order valence-corrected chi connectivity index (χ4v) is 1.18. The Morgan fingerprint density at radius 1 is 1.69 bits per heavy atom. The van der Waals surface area contributed by atoms with E-state index in [1.807, 2.05) is 13.8 Å². The van der Waals surface area contributed by atoms with Crippen LogP contribution in [0.25, 0.3) is 0 Å². The van der Waals surface area contributed by atoms with Crippen molar-refractivity contribution in [3.8, 4) is 0 Å². The van der Waals surface area contributed by atoms with Gasteiger partial charge in [0.1, 0.15) is 0 Å². The molecule has 0 aliphatic carbocycles. The van der Waals surface area contributed by atoms with E-state index >= 15 is 0 Å². The standard InChI is InChI=1S/C9H14N4O3/c1-7(2)10-9(14)4-6-12-5-3-8(11-12)13(15)16/h3,5,7H,4,6H2,1-2H3,(H,10,14). The highest BCUT2D eigenvalue weighted by Gasteiger charge is 2.11. The van der Waals surface area contributed by atoms with Gasteiger partial charge in [-0.1, -0.05) is 0 Å². The summed E-state index contributed by atoms with van der Waals surface area (Å²) in [6, 6.07) is 1.40. The maximum atomic E-state index is 11.3. The molecule has 1 rings (SSSR count). The van der Waals surface area contributed by atoms with Gasteiger partial charge in [-0.05, 0) is 18.8 Å². The molecule has 0 aromatic carbocycles. The largest absolute Gasteiger partial charge is 0.389 e. The molecule has 16 heavy (non-hydrogen) atoms. The zero-order valence-corrected chi connectivity index (χ0v) is 9.21. The van der Waals surface area contributed by atoms with Crippen LogP contribution in [0.3, 0.4) is 0 Å². The zero-order valence-electron chi connectivity index (χ0n) is 9.21. The molecule has 7 nitrogen and oxygen atoms in total. The summed E-state index contributed by atoms with van der Waals surface area (Å²) in [6.07, 6.45) is 1.75. The number of nitro groups is 1. The first kappa shape index (κ1) is 12.2. The molecule has 7 heteroatoms. The van der Waals surface area contributed by atoms with E-state index in [0.29, 0.717) is 6.54 Å². The predicted molar refractivity (Wildman–Crippen MR) is 56.8 cm³/mol. The molecule has 1 amide bonds. The van der Waals surface area contributed by atoms with Crippen LogP contribution in [0.15, 0.2) is 12.3 Å². The molecule has 0 spiro atoms. The average molecular weight is 226 g/mol. The third kappa shape index (κ3) is 3.68. The third-order valence-corrected chi connectivity index (χ3v) is 1.83. The minimum absolute atomic E-state index is 0.0897. The van der Waals surface area contributed by atoms with Gasteiger partial charge in [0.2, 0.25) is 5.91 Å². The van der Waals surface area contributed by atoms with Crippen molar-refractivity contribution in [2.75, 3.05) is 0 Å². The van der Waals surface area contributed by atoms with Crippen molar-refractivity contribution in [2.24, 2.45) is 0 Å². The second kappa shape index (κ2) is 5.24. The van der Waals surface area contributed by atoms with E-state index in [1.54, 1.807) is 0 Å². The first-order valence-corrected chi connectivity index (χ1v) is 4.96. The monoisotopic (exact) mass is 226 g/mol. The fourth-order valence-electron chi connectivity index (χ4n) is 1.18. The highest BCUT2D eigenvalue weighted by molar-refractivity contribution is 5.76. The maximum absolute atomic E-state index is 11.3. The molecule has 0 aliphatic rings. The number of nitrogens with one attached hydrogen (secondary N) is 1. The molecule has 1 aromatic rings. The summed E-state index contributed by atoms with van der Waals surface area (Å²) in [4.78, 5) is 21.1. The third-order valence-electron chi connectivity index (χ3n) is 1.83. The highest BCUT2D eigenvalue weighted by Crippen LogP contribution is 2.05. The van der Waals surface area contributed by atoms with Crippen LogP contribution in [0.2, 0.25) is 0 Å². The van der Waals surface area contributed by atoms with Crippen LogP contribution in [-0.4, -0.2) is 26.7 Å². The topological polar surface area (TPSA) is 90.1 Å². The van der Waals surface area contributed by atoms with Gasteiger partial charge in [-0.25, -0.2) is 0 Å². The number of hydrogen-bond acceptors (Lipinski definition) is 4. The van der Waals surface area contributed by atoms with Crippen molar-refractivity contribution in [1.82, 2.24) is 15.1 Å². The van der Waals surface area contributed by atoms with Gasteiger partial charge in [0.25, 0.3) is 0 Å². The Balaban J connectivity index is 2.42. The van der Waals surface area contributed by atoms with Gasteiger partial charge in [-0.15, -0.1) is 0 Å². The first-order valence-electron chi connectivity index (χ1n) is 4.96. The normalized spacial score (nSPS) is 10.4. The molecular weight excluding hydrogens is 212 g/mol. The summed E-state index contributed by atoms with van der Waals surface area (Å²) < 4.78 is 1.39. The molecule has 0 unspecified atom stereocenters. The van der Waals surface area contributed by atoms with Crippen molar-refractivity contribution in [2.45, 2.75) is 32.9 Å². The molecule has 0 atom stereocenters. The van der Waals surface area contributed by atoms with E-state index in [2.05, 4.69) is 10.4 Å². The second-order valence-corrected chi connectivity index (χ2v) is 3.67. The lowest BCUT2D eigenvalue weighted by Gasteiger charge is -2.06. The zero-order chi connectivity index (χ0) is 12.1. The van der Waals surface area contributed by atoms with Crippen LogP contribution in [0.1, 0.15) is 20.3 Å². The molecule has 1 aromatic heterocycles. The van der Waals surface area contributed by atoms with Gasteiger partial charge in [0.15, 0.2) is 0 Å². The van der Waals surface area contributed by atoms with Crippen LogP contribution < -0.4 is 5.32 Å². The fraction of sp³-hybridized carbons (Fsp3) is 0.556. The van der Waals surface area contributed by atoms with Crippen molar-refractivity contribution >= 4 is 11.7 Å². The number of carbonyl (C=O) groups excluding carboxylic acids is 1. The molecule has 1 heterocycles. The summed E-state index contributed by atoms with van der Waals surface area (Å²) in [5.74, 6) is -0.294. The maximum Gasteiger partial charge on any atom is 0.389 e. The number of amides is 1. The molecule has 88 valence electrons. The number of aromatic nitrogens is 2. The lowest BCUT2D eigenvalue weighted by molar-refractivity contribution is -0.389. The van der Waals surface area contributed by atoms with E-state index in [9.17, 15) is 14.9 Å². The van der Waals surface area contributed by atoms with Crippen molar-refractivity contribution in [1.29, 1.82) is 0 Å². The van der Waals surface area contributed by atoms with Crippen LogP contribution in [0, 0.1) is 10.1 Å². The summed E-state index contributed by atoms with van der Waals surface area (Å²) in [5, 5.41) is 16.8. The Kier molecular flexibility index (Phi) is 3.98. The number of carbonyl (C=O) groups is 1. The van der Waals surface area contributed by atoms with E-state index < -0.39 is 4.92 Å². The summed E-state index contributed by atoms with van der Waals surface area (Å²) in [6.45, 7) is 4.08. The first-order chi connectivity index (χ1) is 7.49. The van der Waals surface area contributed by atoms with Gasteiger partial charge in [-0.3, -0.25) is 4.79 Å². The smallest absolute Gasteiger partial charge is 0.358 e. The number of nitrogens with zero attached hydrogens (tertiary/aromatic N) is 3. The quantitative estimate of drug-likeness (QED) is 0.591. The molecule has 0 saturated carbocycles. The summed E-state index contributed by atoms with van der Waals surface area (Å²) in [7, 11) is 0. The van der Waals surface area contributed by atoms with Crippen LogP contribution in [0.5, 0.6) is 0 Å². The van der Waals surface area contributed by atoms with Gasteiger partial charge in [0.05, 0.1) is 23.9 Å². The minimum atomic E-state index is -0.565. The molecule has 0 saturated heterocycles. The van der Waals surface area contributed by atoms with Crippen LogP contribution in [-0.2, 0) is 11.3 Å². The Bertz CT molecular complexity index is 386. The molecule has 0 aliphatic heterocycles. The van der Waals surface area contributed by atoms with Gasteiger partial charge >= 0.3 is 5.82 Å². The van der Waals surface area contributed by atoms with E-state index in [4.69, 9.17) is 0 Å². The van der Waals surface area contributed by atoms with Gasteiger partial charge in [0, 0.05) is 12.5 Å². The van der Waals surface area contributed by atoms with Crippen LogP contribution >= 0.6 is 0 Å². The van der Waals surface area contributed by atoms with Crippen molar-refractivity contribution in [3.63, 3.8) is 0 Å². The molecule has 1 N–H and O–H groups in total. The minimum Gasteiger partial charge on any atom is -0.358 e. The SMILES string of the molecule is CC(C)NC(=O)CCn1ccc([N+](=O)[O-])n1. The Labute approximate surface area is 92.6 Å². The predicted octanol–water partition coefficient (Wildman–Crippen LogP) is 0.706. The van der Waals surface area contributed by atoms with Crippen molar-refractivity contribution in [3.05, 3.63) is 22.4 Å². The summed E-state index contributed by atoms with van der Waals surface area (Å²) >= 11 is 0. The molecule has 0 fully saturated rings. The number of rotatable bonds is 5. The van der Waals surface area contributed by atoms with Gasteiger partial charge < -0.3 is 15.4 Å². The van der Waals surface area contributed by atoms with E-state index in [0.717, 1.165) is 0 Å². The molecule has 0 bridgehead atoms. The van der Waals surface area contributed by atoms with Gasteiger partial charge in [-0.2, -0.15) is 4.68 Å². The number of hydrogen-bond donors (Lipinski definition) is 1. The van der Waals surface area contributed by atoms with E-state index in [-0.39, 0.29) is 24.2 Å². The highest BCUT2D eigenvalue weighted by atomic mass is 16.6. The second-order valence-electron chi connectivity index (χ2n) is 3.67. The average Bonchev–Trinajstić information content (AvgIpc) is 2.61. The van der Waals surface area contributed by atoms with Crippen molar-refractivity contribution < 1.29 is 9.72 Å². The Morgan fingerprint density at radius 2 is 2.38 bits per heavy atom. The lowest BCUT2D eigenvalue weighted by atomic mass is 10.3. The van der Waals surface area contributed by atoms with Crippen LogP contribution in [0.4, 0.5) is 5.82 Å². The molecule has 0 radical (unpaired) electrons.